The molecule has 42 valence electrons. The maximum atomic E-state index is 6.50. The van der Waals surface area contributed by atoms with E-state index in [9.17, 15) is 0 Å². The maximum absolute atomic E-state index is 6.50. The van der Waals surface area contributed by atoms with E-state index in [1.165, 1.54) is 0 Å². The summed E-state index contributed by atoms with van der Waals surface area (Å²) in [6.07, 6.45) is 0. The Morgan fingerprint density at radius 2 is 0.444 bits per heavy atom. The van der Waals surface area contributed by atoms with E-state index >= 15 is 0 Å². The van der Waals surface area contributed by atoms with Crippen molar-refractivity contribution in [3.05, 3.63) is 0 Å². The Kier molecular flexibility index (Phi) is 977. The first kappa shape index (κ1) is 44.8. The van der Waals surface area contributed by atoms with E-state index in [4.69, 9.17) is 21.0 Å². The van der Waals surface area contributed by atoms with Crippen molar-refractivity contribution < 1.29 is 27.7 Å². The summed E-state index contributed by atoms with van der Waals surface area (Å²) in [6, 6.07) is 0. The second-order valence-electron chi connectivity index (χ2n) is 0. The fourth-order valence-corrected chi connectivity index (χ4v) is 0. The van der Waals surface area contributed by atoms with Crippen molar-refractivity contribution in [1.82, 2.24) is 0 Å². The van der Waals surface area contributed by atoms with Gasteiger partial charge in [0, 0.05) is 54.0 Å². The van der Waals surface area contributed by atoms with Gasteiger partial charge in [-0.05, 0) is 0 Å². The zero-order valence-electron chi connectivity index (χ0n) is 4.81. The minimum atomic E-state index is 0. The van der Waals surface area contributed by atoms with E-state index < -0.39 is 0 Å². The molecule has 0 aliphatic rings. The Bertz CT molecular complexity index is 55.5. The Morgan fingerprint density at radius 3 is 0.444 bits per heavy atom. The molecule has 0 bridgehead atoms. The van der Waals surface area contributed by atoms with Gasteiger partial charge in [-0.15, -0.1) is 0 Å². The molecule has 0 fully saturated rings. The number of hydrogen-bond acceptors (Lipinski definition) is 4. The van der Waals surface area contributed by atoms with Gasteiger partial charge in [-0.2, -0.15) is 0 Å². The molecular formula is C4H4HgN4. The standard InChI is InChI=1S/4CHN.Hg/c4*1-2;/h4*1H;. The van der Waals surface area contributed by atoms with Crippen molar-refractivity contribution in [2.75, 3.05) is 0 Å². The summed E-state index contributed by atoms with van der Waals surface area (Å²) < 4.78 is 0. The van der Waals surface area contributed by atoms with Crippen LogP contribution in [0.4, 0.5) is 0 Å². The van der Waals surface area contributed by atoms with E-state index in [1.54, 1.807) is 0 Å². The zero-order chi connectivity index (χ0) is 8.00. The van der Waals surface area contributed by atoms with Crippen LogP contribution in [0, 0.1) is 47.3 Å². The van der Waals surface area contributed by atoms with E-state index in [0.717, 1.165) is 0 Å². The Balaban J connectivity index is -0.00000000762. The van der Waals surface area contributed by atoms with Crippen LogP contribution >= 0.6 is 0 Å². The second kappa shape index (κ2) is 196. The molecule has 5 heteroatoms. The third kappa shape index (κ3) is 135. The normalized spacial score (nSPS) is 0.889. The van der Waals surface area contributed by atoms with E-state index in [2.05, 4.69) is 26.3 Å². The van der Waals surface area contributed by atoms with E-state index in [1.807, 2.05) is 0 Å². The second-order valence-corrected chi connectivity index (χ2v) is 0. The van der Waals surface area contributed by atoms with Gasteiger partial charge in [0.2, 0.25) is 0 Å². The first-order chi connectivity index (χ1) is 4.00. The number of rotatable bonds is 0. The monoisotopic (exact) mass is 310 g/mol. The molecule has 0 amide bonds. The summed E-state index contributed by atoms with van der Waals surface area (Å²) in [5.74, 6) is 0. The van der Waals surface area contributed by atoms with Crippen LogP contribution in [0.1, 0.15) is 0 Å². The van der Waals surface area contributed by atoms with Crippen LogP contribution in [-0.4, -0.2) is 0 Å². The van der Waals surface area contributed by atoms with Gasteiger partial charge in [0.15, 0.2) is 0 Å². The number of nitriles is 4. The van der Waals surface area contributed by atoms with Gasteiger partial charge >= 0.3 is 0 Å². The van der Waals surface area contributed by atoms with Crippen LogP contribution < -0.4 is 0 Å². The fraction of sp³-hybridized carbons (Fsp3) is 0. The van der Waals surface area contributed by atoms with Crippen LogP contribution in [-0.2, 0) is 27.7 Å². The summed E-state index contributed by atoms with van der Waals surface area (Å²) >= 11 is 0. The molecular weight excluding hydrogens is 305 g/mol. The topological polar surface area (TPSA) is 95.2 Å². The quantitative estimate of drug-likeness (QED) is 0.611. The predicted octanol–water partition coefficient (Wildman–Crippen LogP) is 0.557. The molecule has 0 aromatic rings. The summed E-state index contributed by atoms with van der Waals surface area (Å²) in [4.78, 5) is 0. The van der Waals surface area contributed by atoms with Crippen LogP contribution in [0.3, 0.4) is 0 Å². The molecule has 0 aromatic carbocycles. The van der Waals surface area contributed by atoms with Gasteiger partial charge in [-0.3, -0.25) is 0 Å². The number of hydrogen-bond donors (Lipinski definition) is 0. The van der Waals surface area contributed by atoms with Crippen LogP contribution in [0.2, 0.25) is 0 Å². The van der Waals surface area contributed by atoms with Gasteiger partial charge in [-0.1, -0.05) is 0 Å². The van der Waals surface area contributed by atoms with Crippen molar-refractivity contribution >= 4 is 0 Å². The molecule has 0 saturated heterocycles. The molecule has 0 radical (unpaired) electrons. The maximum Gasteiger partial charge on any atom is 0.0462 e. The van der Waals surface area contributed by atoms with Crippen molar-refractivity contribution in [2.45, 2.75) is 0 Å². The van der Waals surface area contributed by atoms with E-state index in [-0.39, 0.29) is 27.7 Å². The molecule has 9 heavy (non-hydrogen) atoms. The SMILES string of the molecule is C#N.C#N.C#N.C#N.[Hg]. The van der Waals surface area contributed by atoms with Crippen LogP contribution in [0.25, 0.3) is 0 Å². The average molecular weight is 309 g/mol. The van der Waals surface area contributed by atoms with Crippen LogP contribution in [0.15, 0.2) is 0 Å². The molecule has 0 atom stereocenters. The third-order valence-electron chi connectivity index (χ3n) is 0. The minimum absolute atomic E-state index is 0. The molecule has 0 aliphatic carbocycles. The summed E-state index contributed by atoms with van der Waals surface area (Å²) in [7, 11) is 0. The largest absolute Gasteiger partial charge is 0.202 e. The van der Waals surface area contributed by atoms with Crippen molar-refractivity contribution in [3.8, 4) is 26.3 Å². The van der Waals surface area contributed by atoms with Gasteiger partial charge in [0.05, 0.1) is 0 Å². The van der Waals surface area contributed by atoms with Gasteiger partial charge in [0.1, 0.15) is 0 Å². The number of nitrogens with zero attached hydrogens (tertiary/aromatic N) is 4. The van der Waals surface area contributed by atoms with Crippen LogP contribution in [0.5, 0.6) is 0 Å². The minimum Gasteiger partial charge on any atom is -0.202 e. The predicted molar refractivity (Wildman–Crippen MR) is 26.7 cm³/mol. The molecule has 0 N–H and O–H groups in total. The first-order valence-corrected chi connectivity index (χ1v) is 1.03. The van der Waals surface area contributed by atoms with Gasteiger partial charge < -0.3 is 0 Å². The van der Waals surface area contributed by atoms with E-state index in [0.29, 0.717) is 0 Å². The molecule has 0 spiro atoms. The van der Waals surface area contributed by atoms with Gasteiger partial charge in [-0.25, -0.2) is 21.0 Å². The summed E-state index contributed by atoms with van der Waals surface area (Å²) in [6.45, 7) is 14.0. The molecule has 0 unspecified atom stereocenters. The molecule has 0 aromatic heterocycles. The van der Waals surface area contributed by atoms with Crippen molar-refractivity contribution in [2.24, 2.45) is 0 Å². The summed E-state index contributed by atoms with van der Waals surface area (Å²) in [5, 5.41) is 26.0. The van der Waals surface area contributed by atoms with Crippen molar-refractivity contribution in [1.29, 1.82) is 21.0 Å². The third-order valence-corrected chi connectivity index (χ3v) is 0. The average Bonchev–Trinajstić information content (AvgIpc) is 2.03. The summed E-state index contributed by atoms with van der Waals surface area (Å²) in [5.41, 5.74) is 0. The molecule has 0 heterocycles. The van der Waals surface area contributed by atoms with Crippen molar-refractivity contribution in [3.63, 3.8) is 0 Å². The smallest absolute Gasteiger partial charge is 0.0462 e. The Morgan fingerprint density at radius 1 is 0.444 bits per heavy atom. The Hall–Kier alpha value is -1.10. The first-order valence-electron chi connectivity index (χ1n) is 1.03. The molecule has 0 saturated carbocycles. The molecule has 4 nitrogen and oxygen atoms in total. The molecule has 0 aliphatic heterocycles. The fourth-order valence-electron chi connectivity index (χ4n) is 0. The van der Waals surface area contributed by atoms with Gasteiger partial charge in [0.25, 0.3) is 0 Å². The Labute approximate surface area is 75.1 Å². The zero-order valence-corrected chi connectivity index (χ0v) is 10.3. The molecule has 0 rings (SSSR count).